The highest BCUT2D eigenvalue weighted by molar-refractivity contribution is 5.76. The van der Waals surface area contributed by atoms with Crippen molar-refractivity contribution < 1.29 is 14.4 Å². The molecular formula is C31H45NO3. The lowest BCUT2D eigenvalue weighted by atomic mass is 9.34. The molecular weight excluding hydrogens is 434 g/mol. The van der Waals surface area contributed by atoms with Crippen LogP contribution in [-0.2, 0) is 16.6 Å². The van der Waals surface area contributed by atoms with Gasteiger partial charge in [-0.2, -0.15) is 0 Å². The Balaban J connectivity index is 1.47. The normalized spacial score (nSPS) is 47.3. The number of carboxylic acids is 1. The van der Waals surface area contributed by atoms with E-state index >= 15 is 0 Å². The third-order valence-corrected chi connectivity index (χ3v) is 13.0. The van der Waals surface area contributed by atoms with E-state index in [2.05, 4.69) is 59.7 Å². The van der Waals surface area contributed by atoms with Gasteiger partial charge in [-0.1, -0.05) is 65.3 Å². The van der Waals surface area contributed by atoms with Crippen LogP contribution in [-0.4, -0.2) is 16.2 Å². The van der Waals surface area contributed by atoms with Gasteiger partial charge in [0.2, 0.25) is 0 Å². The first-order valence-corrected chi connectivity index (χ1v) is 14.1. The topological polar surface area (TPSA) is 63.3 Å². The van der Waals surface area contributed by atoms with Crippen LogP contribution in [0.25, 0.3) is 0 Å². The summed E-state index contributed by atoms with van der Waals surface area (Å²) < 4.78 is 5.83. The zero-order chi connectivity index (χ0) is 25.2. The standard InChI is InChI=1S/C31H45NO3/c1-26(2)12-14-31(25(33)34)15-13-29(6)20(21(31)17-26)8-9-23-28(5)16-19-18-32-35-24(19)27(3,4)22(28)10-11-30(23,29)7/h8,18,21-23H,9-17H2,1-7H3,(H,33,34)/t21?,22?,23-,28+,29-,30-,31+/m1/s1. The second kappa shape index (κ2) is 6.84. The van der Waals surface area contributed by atoms with Gasteiger partial charge in [-0.15, -0.1) is 0 Å². The van der Waals surface area contributed by atoms with Gasteiger partial charge in [0.05, 0.1) is 11.6 Å². The van der Waals surface area contributed by atoms with Crippen LogP contribution in [0, 0.1) is 44.8 Å². The molecule has 0 radical (unpaired) electrons. The lowest BCUT2D eigenvalue weighted by molar-refractivity contribution is -0.177. The van der Waals surface area contributed by atoms with E-state index in [0.717, 1.165) is 50.7 Å². The largest absolute Gasteiger partial charge is 0.481 e. The molecule has 0 aromatic carbocycles. The van der Waals surface area contributed by atoms with Gasteiger partial charge < -0.3 is 9.63 Å². The average molecular weight is 480 g/mol. The summed E-state index contributed by atoms with van der Waals surface area (Å²) in [5, 5.41) is 14.8. The Hall–Kier alpha value is -1.58. The van der Waals surface area contributed by atoms with Crippen molar-refractivity contribution in [1.29, 1.82) is 0 Å². The molecule has 0 bridgehead atoms. The van der Waals surface area contributed by atoms with Gasteiger partial charge >= 0.3 is 5.97 Å². The van der Waals surface area contributed by atoms with E-state index in [4.69, 9.17) is 4.52 Å². The van der Waals surface area contributed by atoms with Gasteiger partial charge in [-0.25, -0.2) is 0 Å². The van der Waals surface area contributed by atoms with Crippen molar-refractivity contribution in [2.75, 3.05) is 0 Å². The fraction of sp³-hybridized carbons (Fsp3) is 0.806. The Bertz CT molecular complexity index is 1110. The molecule has 1 N–H and O–H groups in total. The molecule has 192 valence electrons. The quantitative estimate of drug-likeness (QED) is 0.422. The maximum Gasteiger partial charge on any atom is 0.310 e. The summed E-state index contributed by atoms with van der Waals surface area (Å²) >= 11 is 0. The minimum absolute atomic E-state index is 0.0104. The van der Waals surface area contributed by atoms with Crippen LogP contribution < -0.4 is 0 Å². The van der Waals surface area contributed by atoms with E-state index < -0.39 is 11.4 Å². The third-order valence-electron chi connectivity index (χ3n) is 13.0. The maximum atomic E-state index is 12.8. The molecule has 7 atom stereocenters. The zero-order valence-corrected chi connectivity index (χ0v) is 23.0. The van der Waals surface area contributed by atoms with Crippen molar-refractivity contribution in [3.05, 3.63) is 29.2 Å². The SMILES string of the molecule is CC1(C)CC[C@]2(C(=O)O)CC[C@]3(C)C(=CC[C@@H]4[C@@]5(C)Cc6cnoc6C(C)(C)C5CC[C@]43C)C2C1. The average Bonchev–Trinajstić information content (AvgIpc) is 3.22. The summed E-state index contributed by atoms with van der Waals surface area (Å²) in [5.74, 6) is 1.90. The van der Waals surface area contributed by atoms with Gasteiger partial charge in [0.15, 0.2) is 0 Å². The summed E-state index contributed by atoms with van der Waals surface area (Å²) in [7, 11) is 0. The minimum atomic E-state index is -0.560. The maximum absolute atomic E-state index is 12.8. The highest BCUT2D eigenvalue weighted by Gasteiger charge is 2.69. The Morgan fingerprint density at radius 2 is 1.71 bits per heavy atom. The molecule has 0 amide bonds. The van der Waals surface area contributed by atoms with Crippen molar-refractivity contribution >= 4 is 5.97 Å². The summed E-state index contributed by atoms with van der Waals surface area (Å²) in [6, 6.07) is 0. The van der Waals surface area contributed by atoms with Gasteiger partial charge in [-0.05, 0) is 97.2 Å². The van der Waals surface area contributed by atoms with Crippen molar-refractivity contribution in [3.8, 4) is 0 Å². The number of allylic oxidation sites excluding steroid dienone is 2. The van der Waals surface area contributed by atoms with Crippen LogP contribution in [0.2, 0.25) is 0 Å². The number of aliphatic carboxylic acids is 1. The summed E-state index contributed by atoms with van der Waals surface area (Å²) in [6.07, 6.45) is 13.8. The van der Waals surface area contributed by atoms with Crippen molar-refractivity contribution in [2.45, 2.75) is 112 Å². The first-order valence-electron chi connectivity index (χ1n) is 14.1. The van der Waals surface area contributed by atoms with Crippen LogP contribution >= 0.6 is 0 Å². The van der Waals surface area contributed by atoms with Crippen LogP contribution in [0.1, 0.15) is 111 Å². The van der Waals surface area contributed by atoms with E-state index in [-0.39, 0.29) is 33.0 Å². The van der Waals surface area contributed by atoms with E-state index in [0.29, 0.717) is 11.8 Å². The molecule has 0 saturated heterocycles. The number of nitrogens with zero attached hydrogens (tertiary/aromatic N) is 1. The summed E-state index contributed by atoms with van der Waals surface area (Å²) in [6.45, 7) is 17.1. The van der Waals surface area contributed by atoms with Crippen molar-refractivity contribution in [3.63, 3.8) is 0 Å². The Morgan fingerprint density at radius 3 is 2.43 bits per heavy atom. The molecule has 35 heavy (non-hydrogen) atoms. The van der Waals surface area contributed by atoms with E-state index in [1.807, 2.05) is 6.20 Å². The fourth-order valence-electron chi connectivity index (χ4n) is 10.9. The van der Waals surface area contributed by atoms with E-state index in [1.165, 1.54) is 24.0 Å². The lowest BCUT2D eigenvalue weighted by Gasteiger charge is -2.70. The molecule has 6 rings (SSSR count). The number of carboxylic acid groups (broad SMARTS) is 1. The lowest BCUT2D eigenvalue weighted by Crippen LogP contribution is -2.64. The molecule has 0 aliphatic heterocycles. The predicted molar refractivity (Wildman–Crippen MR) is 137 cm³/mol. The Kier molecular flexibility index (Phi) is 4.65. The number of carbonyl (C=O) groups is 1. The highest BCUT2D eigenvalue weighted by Crippen LogP contribution is 2.75. The highest BCUT2D eigenvalue weighted by atomic mass is 16.5. The molecule has 1 aromatic rings. The zero-order valence-electron chi connectivity index (χ0n) is 23.0. The minimum Gasteiger partial charge on any atom is -0.481 e. The number of hydrogen-bond acceptors (Lipinski definition) is 3. The van der Waals surface area contributed by atoms with Gasteiger partial charge in [-0.3, -0.25) is 4.79 Å². The van der Waals surface area contributed by atoms with Crippen LogP contribution in [0.5, 0.6) is 0 Å². The van der Waals surface area contributed by atoms with Crippen LogP contribution in [0.4, 0.5) is 0 Å². The first kappa shape index (κ1) is 23.8. The van der Waals surface area contributed by atoms with Crippen LogP contribution in [0.15, 0.2) is 22.4 Å². The molecule has 3 fully saturated rings. The molecule has 4 heteroatoms. The molecule has 1 heterocycles. The van der Waals surface area contributed by atoms with E-state index in [9.17, 15) is 9.90 Å². The van der Waals surface area contributed by atoms with E-state index in [1.54, 1.807) is 0 Å². The smallest absolute Gasteiger partial charge is 0.310 e. The molecule has 5 aliphatic rings. The number of aromatic nitrogens is 1. The Morgan fingerprint density at radius 1 is 1.00 bits per heavy atom. The first-order chi connectivity index (χ1) is 16.2. The van der Waals surface area contributed by atoms with Crippen LogP contribution in [0.3, 0.4) is 0 Å². The van der Waals surface area contributed by atoms with Gasteiger partial charge in [0.1, 0.15) is 5.76 Å². The van der Waals surface area contributed by atoms with Gasteiger partial charge in [0.25, 0.3) is 0 Å². The summed E-state index contributed by atoms with van der Waals surface area (Å²) in [4.78, 5) is 12.8. The number of fused-ring (bicyclic) bond motifs is 8. The molecule has 3 saturated carbocycles. The predicted octanol–water partition coefficient (Wildman–Crippen LogP) is 7.57. The second-order valence-electron chi connectivity index (χ2n) is 15.3. The monoisotopic (exact) mass is 479 g/mol. The Labute approximate surface area is 211 Å². The fourth-order valence-corrected chi connectivity index (χ4v) is 10.9. The molecule has 0 spiro atoms. The number of rotatable bonds is 1. The third kappa shape index (κ3) is 2.75. The summed E-state index contributed by atoms with van der Waals surface area (Å²) in [5.41, 5.74) is 2.90. The van der Waals surface area contributed by atoms with Crippen molar-refractivity contribution in [1.82, 2.24) is 5.16 Å². The van der Waals surface area contributed by atoms with Gasteiger partial charge in [0, 0.05) is 11.0 Å². The van der Waals surface area contributed by atoms with Crippen molar-refractivity contribution in [2.24, 2.45) is 44.8 Å². The molecule has 4 nitrogen and oxygen atoms in total. The second-order valence-corrected chi connectivity index (χ2v) is 15.3. The number of hydrogen-bond donors (Lipinski definition) is 1. The molecule has 5 aliphatic carbocycles. The molecule has 2 unspecified atom stereocenters. The molecule has 1 aromatic heterocycles.